The summed E-state index contributed by atoms with van der Waals surface area (Å²) in [7, 11) is 0. The van der Waals surface area contributed by atoms with Crippen molar-refractivity contribution < 1.29 is 27.8 Å². The largest absolute Gasteiger partial charge is 0.491 e. The predicted octanol–water partition coefficient (Wildman–Crippen LogP) is 7.82. The van der Waals surface area contributed by atoms with E-state index in [4.69, 9.17) is 21.3 Å². The number of pyridine rings is 1. The van der Waals surface area contributed by atoms with Gasteiger partial charge in [0, 0.05) is 50.7 Å². The van der Waals surface area contributed by atoms with Crippen LogP contribution in [-0.4, -0.2) is 62.4 Å². The zero-order chi connectivity index (χ0) is 34.5. The van der Waals surface area contributed by atoms with Crippen LogP contribution in [0.4, 0.5) is 13.2 Å². The average Bonchev–Trinajstić information content (AvgIpc) is 3.43. The van der Waals surface area contributed by atoms with Gasteiger partial charge in [-0.3, -0.25) is 19.2 Å². The van der Waals surface area contributed by atoms with Crippen molar-refractivity contribution in [3.8, 4) is 16.9 Å². The quantitative estimate of drug-likeness (QED) is 0.200. The second-order valence-electron chi connectivity index (χ2n) is 13.6. The van der Waals surface area contributed by atoms with E-state index in [0.717, 1.165) is 17.7 Å². The van der Waals surface area contributed by atoms with Crippen LogP contribution in [-0.2, 0) is 18.4 Å². The SMILES string of the molecule is Cc1cc(-c2cc(Cl)ccc2OCCn2c(C)nc3c(c2=O)C[C@H](N2CCC(CC(F)(F)F)CC2)CC3(C)C)c2scc(C(=O)O)c2n1. The molecule has 256 valence electrons. The van der Waals surface area contributed by atoms with Crippen molar-refractivity contribution in [2.75, 3.05) is 19.7 Å². The first-order valence-electron chi connectivity index (χ1n) is 16.1. The second kappa shape index (κ2) is 13.1. The number of likely N-dealkylation sites (tertiary alicyclic amines) is 1. The van der Waals surface area contributed by atoms with Crippen molar-refractivity contribution in [1.82, 2.24) is 19.4 Å². The van der Waals surface area contributed by atoms with E-state index >= 15 is 0 Å². The van der Waals surface area contributed by atoms with E-state index < -0.39 is 18.6 Å². The van der Waals surface area contributed by atoms with Gasteiger partial charge in [-0.2, -0.15) is 13.2 Å². The lowest BCUT2D eigenvalue weighted by molar-refractivity contribution is -0.148. The fourth-order valence-electron chi connectivity index (χ4n) is 7.38. The van der Waals surface area contributed by atoms with Gasteiger partial charge in [0.25, 0.3) is 5.56 Å². The molecule has 1 aliphatic carbocycles. The molecule has 1 fully saturated rings. The van der Waals surface area contributed by atoms with E-state index in [-0.39, 0.29) is 41.6 Å². The van der Waals surface area contributed by atoms with Crippen LogP contribution in [0, 0.1) is 19.8 Å². The standard InChI is InChI=1S/C35H38ClF3N4O4S/c1-19-13-25(30-29(40-19)27(18-48-30)33(45)46)24-14-22(36)5-6-28(24)47-12-11-43-20(2)41-31-26(32(43)44)15-23(17-34(31,3)4)42-9-7-21(8-10-42)16-35(37,38)39/h5-6,13-14,18,21,23H,7-12,15-17H2,1-4H3,(H,45,46)/t23-/m0/s1. The van der Waals surface area contributed by atoms with Gasteiger partial charge < -0.3 is 9.84 Å². The molecule has 13 heteroatoms. The number of carboxylic acids is 1. The summed E-state index contributed by atoms with van der Waals surface area (Å²) in [6.45, 7) is 9.37. The third-order valence-corrected chi connectivity index (χ3v) is 10.9. The molecule has 0 spiro atoms. The lowest BCUT2D eigenvalue weighted by Crippen LogP contribution is -2.50. The van der Waals surface area contributed by atoms with E-state index in [1.54, 1.807) is 35.1 Å². The zero-order valence-electron chi connectivity index (χ0n) is 27.3. The van der Waals surface area contributed by atoms with Gasteiger partial charge in [0.15, 0.2) is 0 Å². The second-order valence-corrected chi connectivity index (χ2v) is 14.9. The van der Waals surface area contributed by atoms with E-state index in [1.807, 2.05) is 13.0 Å². The van der Waals surface area contributed by atoms with Crippen LogP contribution in [0.1, 0.15) is 72.7 Å². The number of rotatable bonds is 8. The first-order chi connectivity index (χ1) is 22.6. The highest BCUT2D eigenvalue weighted by molar-refractivity contribution is 7.18. The van der Waals surface area contributed by atoms with Crippen molar-refractivity contribution >= 4 is 39.1 Å². The third-order valence-electron chi connectivity index (χ3n) is 9.65. The molecule has 0 saturated carbocycles. The Morgan fingerprint density at radius 1 is 1.15 bits per heavy atom. The number of benzene rings is 1. The minimum absolute atomic E-state index is 0.0532. The lowest BCUT2D eigenvalue weighted by Gasteiger charge is -2.44. The average molecular weight is 703 g/mol. The Morgan fingerprint density at radius 3 is 2.56 bits per heavy atom. The third kappa shape index (κ3) is 6.97. The smallest absolute Gasteiger partial charge is 0.389 e. The maximum atomic E-state index is 14.0. The van der Waals surface area contributed by atoms with Crippen LogP contribution in [0.3, 0.4) is 0 Å². The molecular formula is C35H38ClF3N4O4S. The van der Waals surface area contributed by atoms with Gasteiger partial charge in [-0.1, -0.05) is 25.4 Å². The zero-order valence-corrected chi connectivity index (χ0v) is 28.9. The Hall–Kier alpha value is -3.48. The maximum Gasteiger partial charge on any atom is 0.389 e. The molecule has 1 N–H and O–H groups in total. The number of thiophene rings is 1. The summed E-state index contributed by atoms with van der Waals surface area (Å²) in [5, 5.41) is 11.7. The maximum absolute atomic E-state index is 14.0. The molecule has 6 rings (SSSR count). The topological polar surface area (TPSA) is 97.6 Å². The summed E-state index contributed by atoms with van der Waals surface area (Å²) in [6, 6.07) is 7.18. The number of fused-ring (bicyclic) bond motifs is 2. The number of ether oxygens (including phenoxy) is 1. The Balaban J connectivity index is 1.23. The van der Waals surface area contributed by atoms with E-state index in [1.165, 1.54) is 11.3 Å². The number of aromatic carboxylic acids is 1. The Labute approximate surface area is 285 Å². The molecular weight excluding hydrogens is 665 g/mol. The minimum atomic E-state index is -4.15. The fourth-order valence-corrected chi connectivity index (χ4v) is 8.57. The van der Waals surface area contributed by atoms with E-state index in [0.29, 0.717) is 76.0 Å². The highest BCUT2D eigenvalue weighted by atomic mass is 35.5. The summed E-state index contributed by atoms with van der Waals surface area (Å²) < 4.78 is 47.6. The first kappa shape index (κ1) is 34.4. The van der Waals surface area contributed by atoms with Crippen molar-refractivity contribution in [1.29, 1.82) is 0 Å². The van der Waals surface area contributed by atoms with Crippen LogP contribution in [0.5, 0.6) is 5.75 Å². The molecule has 48 heavy (non-hydrogen) atoms. The molecule has 0 radical (unpaired) electrons. The van der Waals surface area contributed by atoms with Crippen LogP contribution in [0.2, 0.25) is 5.02 Å². The summed E-state index contributed by atoms with van der Waals surface area (Å²) in [5.74, 6) is -0.283. The number of carboxylic acid groups (broad SMARTS) is 1. The molecule has 1 atom stereocenters. The molecule has 2 aliphatic rings. The number of halogens is 4. The molecule has 0 unspecified atom stereocenters. The van der Waals surface area contributed by atoms with Crippen molar-refractivity contribution in [2.45, 2.75) is 84.0 Å². The number of piperidine rings is 1. The number of carbonyl (C=O) groups is 1. The van der Waals surface area contributed by atoms with Gasteiger partial charge in [0.1, 0.15) is 18.2 Å². The number of nitrogens with zero attached hydrogens (tertiary/aromatic N) is 4. The number of aryl methyl sites for hydroxylation is 2. The molecule has 0 amide bonds. The van der Waals surface area contributed by atoms with Crippen LogP contribution >= 0.6 is 22.9 Å². The number of hydrogen-bond donors (Lipinski definition) is 1. The predicted molar refractivity (Wildman–Crippen MR) is 181 cm³/mol. The minimum Gasteiger partial charge on any atom is -0.491 e. The molecule has 1 aromatic carbocycles. The Kier molecular flexibility index (Phi) is 9.38. The number of hydrogen-bond acceptors (Lipinski definition) is 7. The van der Waals surface area contributed by atoms with Gasteiger partial charge >= 0.3 is 12.1 Å². The van der Waals surface area contributed by atoms with Crippen molar-refractivity contribution in [3.63, 3.8) is 0 Å². The highest BCUT2D eigenvalue weighted by Crippen LogP contribution is 2.41. The molecule has 4 heterocycles. The van der Waals surface area contributed by atoms with Crippen molar-refractivity contribution in [3.05, 3.63) is 73.4 Å². The lowest BCUT2D eigenvalue weighted by atomic mass is 9.73. The summed E-state index contributed by atoms with van der Waals surface area (Å²) in [6.07, 6.45) is -2.59. The Morgan fingerprint density at radius 2 is 1.88 bits per heavy atom. The van der Waals surface area contributed by atoms with Gasteiger partial charge in [-0.15, -0.1) is 11.3 Å². The molecule has 1 saturated heterocycles. The van der Waals surface area contributed by atoms with Gasteiger partial charge in [-0.05, 0) is 82.8 Å². The van der Waals surface area contributed by atoms with Crippen LogP contribution in [0.25, 0.3) is 21.3 Å². The van der Waals surface area contributed by atoms with Crippen LogP contribution < -0.4 is 10.3 Å². The van der Waals surface area contributed by atoms with Gasteiger partial charge in [0.2, 0.25) is 0 Å². The van der Waals surface area contributed by atoms with Gasteiger partial charge in [0.05, 0.1) is 28.0 Å². The summed E-state index contributed by atoms with van der Waals surface area (Å²) in [5.41, 5.74) is 3.60. The molecule has 3 aromatic heterocycles. The van der Waals surface area contributed by atoms with Gasteiger partial charge in [-0.25, -0.2) is 9.78 Å². The molecule has 8 nitrogen and oxygen atoms in total. The fraction of sp³-hybridized carbons (Fsp3) is 0.486. The summed E-state index contributed by atoms with van der Waals surface area (Å²) in [4.78, 5) is 37.5. The van der Waals surface area contributed by atoms with Crippen molar-refractivity contribution in [2.24, 2.45) is 5.92 Å². The summed E-state index contributed by atoms with van der Waals surface area (Å²) >= 11 is 7.70. The Bertz CT molecular complexity index is 1930. The molecule has 0 bridgehead atoms. The van der Waals surface area contributed by atoms with E-state index in [9.17, 15) is 27.9 Å². The normalized spacial score (nSPS) is 18.6. The number of aromatic nitrogens is 3. The molecule has 1 aliphatic heterocycles. The van der Waals surface area contributed by atoms with E-state index in [2.05, 4.69) is 23.7 Å². The number of alkyl halides is 3. The first-order valence-corrected chi connectivity index (χ1v) is 17.3. The van der Waals surface area contributed by atoms with Crippen LogP contribution in [0.15, 0.2) is 34.4 Å². The molecule has 4 aromatic rings. The monoisotopic (exact) mass is 702 g/mol. The highest BCUT2D eigenvalue weighted by Gasteiger charge is 2.41.